The van der Waals surface area contributed by atoms with E-state index in [1.807, 2.05) is 0 Å². The monoisotopic (exact) mass is 186 g/mol. The van der Waals surface area contributed by atoms with Crippen molar-refractivity contribution in [3.05, 3.63) is 0 Å². The van der Waals surface area contributed by atoms with Gasteiger partial charge in [-0.2, -0.15) is 0 Å². The summed E-state index contributed by atoms with van der Waals surface area (Å²) in [7, 11) is 0. The molecule has 0 bridgehead atoms. The standard InChI is InChI=1S/C11H22O2/c1-4-9(5-2)11(12)10-6-7-13-8(10)3/h8-12H,4-7H2,1-3H3. The van der Waals surface area contributed by atoms with Gasteiger partial charge in [0.05, 0.1) is 12.2 Å². The lowest BCUT2D eigenvalue weighted by Gasteiger charge is -2.27. The maximum absolute atomic E-state index is 10.1. The highest BCUT2D eigenvalue weighted by atomic mass is 16.5. The zero-order chi connectivity index (χ0) is 9.84. The van der Waals surface area contributed by atoms with Crippen molar-refractivity contribution in [2.24, 2.45) is 11.8 Å². The molecule has 0 saturated carbocycles. The predicted octanol–water partition coefficient (Wildman–Crippen LogP) is 2.21. The van der Waals surface area contributed by atoms with Crippen LogP contribution in [0.4, 0.5) is 0 Å². The molecule has 1 saturated heterocycles. The van der Waals surface area contributed by atoms with E-state index in [1.54, 1.807) is 0 Å². The Bertz CT molecular complexity index is 143. The lowest BCUT2D eigenvalue weighted by Crippen LogP contribution is -2.32. The quantitative estimate of drug-likeness (QED) is 0.729. The molecule has 1 rings (SSSR count). The summed E-state index contributed by atoms with van der Waals surface area (Å²) in [5.74, 6) is 0.819. The van der Waals surface area contributed by atoms with Gasteiger partial charge in [0.1, 0.15) is 0 Å². The minimum atomic E-state index is -0.160. The zero-order valence-electron chi connectivity index (χ0n) is 8.99. The number of aliphatic hydroxyl groups is 1. The van der Waals surface area contributed by atoms with Crippen molar-refractivity contribution in [1.82, 2.24) is 0 Å². The molecule has 3 unspecified atom stereocenters. The molecule has 2 heteroatoms. The summed E-state index contributed by atoms with van der Waals surface area (Å²) in [4.78, 5) is 0. The highest BCUT2D eigenvalue weighted by Crippen LogP contribution is 2.30. The molecule has 0 aromatic heterocycles. The van der Waals surface area contributed by atoms with E-state index in [4.69, 9.17) is 4.74 Å². The molecule has 1 fully saturated rings. The van der Waals surface area contributed by atoms with Gasteiger partial charge in [0.15, 0.2) is 0 Å². The van der Waals surface area contributed by atoms with Crippen LogP contribution in [-0.2, 0) is 4.74 Å². The van der Waals surface area contributed by atoms with Gasteiger partial charge in [-0.25, -0.2) is 0 Å². The van der Waals surface area contributed by atoms with Crippen molar-refractivity contribution >= 4 is 0 Å². The van der Waals surface area contributed by atoms with Gasteiger partial charge >= 0.3 is 0 Å². The molecule has 0 aliphatic carbocycles. The number of rotatable bonds is 4. The van der Waals surface area contributed by atoms with Crippen LogP contribution in [0, 0.1) is 11.8 Å². The maximum atomic E-state index is 10.1. The smallest absolute Gasteiger partial charge is 0.0621 e. The number of ether oxygens (including phenoxy) is 1. The molecule has 0 amide bonds. The van der Waals surface area contributed by atoms with Gasteiger partial charge in [0.2, 0.25) is 0 Å². The Balaban J connectivity index is 2.49. The first-order chi connectivity index (χ1) is 6.20. The molecule has 0 aromatic rings. The van der Waals surface area contributed by atoms with E-state index in [0.29, 0.717) is 11.8 Å². The van der Waals surface area contributed by atoms with Crippen molar-refractivity contribution in [2.45, 2.75) is 52.2 Å². The second kappa shape index (κ2) is 4.97. The summed E-state index contributed by atoms with van der Waals surface area (Å²) in [6.07, 6.45) is 3.25. The van der Waals surface area contributed by atoms with Gasteiger partial charge in [-0.05, 0) is 19.3 Å². The molecule has 0 aromatic carbocycles. The largest absolute Gasteiger partial charge is 0.392 e. The molecule has 1 heterocycles. The molecule has 1 aliphatic rings. The Morgan fingerprint density at radius 1 is 1.38 bits per heavy atom. The van der Waals surface area contributed by atoms with E-state index in [0.717, 1.165) is 25.9 Å². The molecule has 0 spiro atoms. The van der Waals surface area contributed by atoms with Crippen LogP contribution in [0.15, 0.2) is 0 Å². The van der Waals surface area contributed by atoms with Crippen LogP contribution in [0.2, 0.25) is 0 Å². The van der Waals surface area contributed by atoms with Crippen LogP contribution in [0.25, 0.3) is 0 Å². The fourth-order valence-electron chi connectivity index (χ4n) is 2.32. The van der Waals surface area contributed by atoms with E-state index < -0.39 is 0 Å². The molecule has 78 valence electrons. The Kier molecular flexibility index (Phi) is 4.20. The van der Waals surface area contributed by atoms with Crippen molar-refractivity contribution in [3.8, 4) is 0 Å². The van der Waals surface area contributed by atoms with Gasteiger partial charge in [0, 0.05) is 12.5 Å². The third-order valence-corrected chi connectivity index (χ3v) is 3.41. The van der Waals surface area contributed by atoms with Crippen LogP contribution in [0.5, 0.6) is 0 Å². The third kappa shape index (κ3) is 2.44. The van der Waals surface area contributed by atoms with Gasteiger partial charge in [-0.3, -0.25) is 0 Å². The first kappa shape index (κ1) is 11.0. The molecule has 3 atom stereocenters. The maximum Gasteiger partial charge on any atom is 0.0621 e. The minimum absolute atomic E-state index is 0.160. The zero-order valence-corrected chi connectivity index (χ0v) is 8.99. The van der Waals surface area contributed by atoms with Crippen molar-refractivity contribution in [3.63, 3.8) is 0 Å². The van der Waals surface area contributed by atoms with Crippen molar-refractivity contribution in [1.29, 1.82) is 0 Å². The fraction of sp³-hybridized carbons (Fsp3) is 1.00. The first-order valence-electron chi connectivity index (χ1n) is 5.50. The number of hydrogen-bond donors (Lipinski definition) is 1. The lowest BCUT2D eigenvalue weighted by molar-refractivity contribution is 0.00850. The van der Waals surface area contributed by atoms with Crippen LogP contribution >= 0.6 is 0 Å². The van der Waals surface area contributed by atoms with Crippen LogP contribution in [0.3, 0.4) is 0 Å². The van der Waals surface area contributed by atoms with Gasteiger partial charge in [0.25, 0.3) is 0 Å². The van der Waals surface area contributed by atoms with E-state index >= 15 is 0 Å². The van der Waals surface area contributed by atoms with Crippen LogP contribution < -0.4 is 0 Å². The van der Waals surface area contributed by atoms with Gasteiger partial charge in [-0.1, -0.05) is 26.7 Å². The second-order valence-electron chi connectivity index (χ2n) is 4.10. The number of aliphatic hydroxyl groups excluding tert-OH is 1. The van der Waals surface area contributed by atoms with E-state index in [9.17, 15) is 5.11 Å². The topological polar surface area (TPSA) is 29.5 Å². The van der Waals surface area contributed by atoms with Crippen molar-refractivity contribution in [2.75, 3.05) is 6.61 Å². The molecule has 13 heavy (non-hydrogen) atoms. The van der Waals surface area contributed by atoms with Crippen molar-refractivity contribution < 1.29 is 9.84 Å². The second-order valence-corrected chi connectivity index (χ2v) is 4.10. The van der Waals surface area contributed by atoms with Crippen LogP contribution in [-0.4, -0.2) is 23.9 Å². The normalized spacial score (nSPS) is 31.2. The Labute approximate surface area is 81.3 Å². The fourth-order valence-corrected chi connectivity index (χ4v) is 2.32. The molecule has 1 N–H and O–H groups in total. The van der Waals surface area contributed by atoms with Gasteiger partial charge in [-0.15, -0.1) is 0 Å². The molecular formula is C11H22O2. The summed E-state index contributed by atoms with van der Waals surface area (Å²) in [5, 5.41) is 10.1. The molecule has 0 radical (unpaired) electrons. The average molecular weight is 186 g/mol. The van der Waals surface area contributed by atoms with E-state index in [1.165, 1.54) is 0 Å². The number of hydrogen-bond acceptors (Lipinski definition) is 2. The highest BCUT2D eigenvalue weighted by Gasteiger charge is 2.33. The molecule has 2 nitrogen and oxygen atoms in total. The summed E-state index contributed by atoms with van der Waals surface area (Å²) >= 11 is 0. The van der Waals surface area contributed by atoms with Gasteiger partial charge < -0.3 is 9.84 Å². The van der Waals surface area contributed by atoms with Crippen LogP contribution in [0.1, 0.15) is 40.0 Å². The molecular weight excluding hydrogens is 164 g/mol. The average Bonchev–Trinajstić information content (AvgIpc) is 2.53. The molecule has 1 aliphatic heterocycles. The van der Waals surface area contributed by atoms with E-state index in [2.05, 4.69) is 20.8 Å². The summed E-state index contributed by atoms with van der Waals surface area (Å²) in [6.45, 7) is 7.20. The predicted molar refractivity (Wildman–Crippen MR) is 53.6 cm³/mol. The summed E-state index contributed by atoms with van der Waals surface area (Å²) in [5.41, 5.74) is 0. The third-order valence-electron chi connectivity index (χ3n) is 3.41. The Morgan fingerprint density at radius 2 is 2.00 bits per heavy atom. The first-order valence-corrected chi connectivity index (χ1v) is 5.50. The SMILES string of the molecule is CCC(CC)C(O)C1CCOC1C. The van der Waals surface area contributed by atoms with E-state index in [-0.39, 0.29) is 12.2 Å². The highest BCUT2D eigenvalue weighted by molar-refractivity contribution is 4.82. The summed E-state index contributed by atoms with van der Waals surface area (Å²) in [6, 6.07) is 0. The Morgan fingerprint density at radius 3 is 2.38 bits per heavy atom. The summed E-state index contributed by atoms with van der Waals surface area (Å²) < 4.78 is 5.47. The lowest BCUT2D eigenvalue weighted by atomic mass is 9.84. The minimum Gasteiger partial charge on any atom is -0.392 e. The Hall–Kier alpha value is -0.0800.